The van der Waals surface area contributed by atoms with E-state index in [9.17, 15) is 14.7 Å². The Kier molecular flexibility index (Phi) is 5.29. The van der Waals surface area contributed by atoms with E-state index < -0.39 is 5.41 Å². The van der Waals surface area contributed by atoms with Gasteiger partial charge in [-0.05, 0) is 31.0 Å². The first-order valence-corrected chi connectivity index (χ1v) is 8.23. The molecule has 0 aliphatic heterocycles. The Morgan fingerprint density at radius 3 is 2.39 bits per heavy atom. The second-order valence-electron chi connectivity index (χ2n) is 7.24. The molecule has 2 rings (SSSR count). The second kappa shape index (κ2) is 7.02. The van der Waals surface area contributed by atoms with Crippen molar-refractivity contribution in [2.75, 3.05) is 5.32 Å². The predicted molar refractivity (Wildman–Crippen MR) is 90.5 cm³/mol. The summed E-state index contributed by atoms with van der Waals surface area (Å²) in [5.74, 6) is -0.504. The number of phenolic OH excluding ortho intramolecular Hbond substituents is 1. The standard InChI is InChI=1S/C18H26N2O3/c1-18(2,3)17(23)20-13-9-10-15(21)14(11-13)16(22)19-12-7-5-4-6-8-12/h9-12,21H,4-8H2,1-3H3,(H,19,22)(H,20,23). The van der Waals surface area contributed by atoms with Gasteiger partial charge in [0, 0.05) is 17.1 Å². The second-order valence-corrected chi connectivity index (χ2v) is 7.24. The van der Waals surface area contributed by atoms with Crippen LogP contribution in [0.1, 0.15) is 63.2 Å². The molecule has 0 spiro atoms. The van der Waals surface area contributed by atoms with Gasteiger partial charge in [-0.2, -0.15) is 0 Å². The SMILES string of the molecule is CC(C)(C)C(=O)Nc1ccc(O)c(C(=O)NC2CCCCC2)c1. The first-order chi connectivity index (χ1) is 10.8. The summed E-state index contributed by atoms with van der Waals surface area (Å²) in [4.78, 5) is 24.4. The van der Waals surface area contributed by atoms with Crippen molar-refractivity contribution in [3.8, 4) is 5.75 Å². The summed E-state index contributed by atoms with van der Waals surface area (Å²) in [5, 5.41) is 15.7. The van der Waals surface area contributed by atoms with Crippen molar-refractivity contribution < 1.29 is 14.7 Å². The molecule has 2 amide bonds. The molecule has 1 aromatic carbocycles. The van der Waals surface area contributed by atoms with Gasteiger partial charge in [-0.3, -0.25) is 9.59 Å². The minimum absolute atomic E-state index is 0.0768. The molecule has 1 aliphatic rings. The summed E-state index contributed by atoms with van der Waals surface area (Å²) in [6.45, 7) is 5.46. The molecule has 3 N–H and O–H groups in total. The number of phenols is 1. The topological polar surface area (TPSA) is 78.4 Å². The molecule has 0 heterocycles. The summed E-state index contributed by atoms with van der Waals surface area (Å²) in [6, 6.07) is 4.73. The Labute approximate surface area is 137 Å². The summed E-state index contributed by atoms with van der Waals surface area (Å²) < 4.78 is 0. The van der Waals surface area contributed by atoms with Crippen LogP contribution < -0.4 is 10.6 Å². The molecular weight excluding hydrogens is 292 g/mol. The minimum Gasteiger partial charge on any atom is -0.507 e. The number of carbonyl (C=O) groups excluding carboxylic acids is 2. The number of benzene rings is 1. The Morgan fingerprint density at radius 1 is 1.13 bits per heavy atom. The van der Waals surface area contributed by atoms with Gasteiger partial charge in [0.2, 0.25) is 5.91 Å². The van der Waals surface area contributed by atoms with Crippen LogP contribution in [0.25, 0.3) is 0 Å². The Balaban J connectivity index is 2.10. The van der Waals surface area contributed by atoms with Crippen molar-refractivity contribution >= 4 is 17.5 Å². The van der Waals surface area contributed by atoms with E-state index in [1.165, 1.54) is 18.6 Å². The Bertz CT molecular complexity index is 584. The molecule has 0 radical (unpaired) electrons. The van der Waals surface area contributed by atoms with Crippen LogP contribution in [0, 0.1) is 5.41 Å². The number of amides is 2. The van der Waals surface area contributed by atoms with Gasteiger partial charge >= 0.3 is 0 Å². The summed E-state index contributed by atoms with van der Waals surface area (Å²) in [6.07, 6.45) is 5.42. The molecule has 126 valence electrons. The highest BCUT2D eigenvalue weighted by molar-refractivity contribution is 6.00. The van der Waals surface area contributed by atoms with Gasteiger partial charge in [-0.1, -0.05) is 40.0 Å². The fourth-order valence-electron chi connectivity index (χ4n) is 2.62. The van der Waals surface area contributed by atoms with Crippen molar-refractivity contribution in [3.05, 3.63) is 23.8 Å². The van der Waals surface area contributed by atoms with E-state index in [0.717, 1.165) is 25.7 Å². The molecule has 0 unspecified atom stereocenters. The van der Waals surface area contributed by atoms with Crippen LogP contribution in [0.5, 0.6) is 5.75 Å². The number of hydrogen-bond donors (Lipinski definition) is 3. The third-order valence-electron chi connectivity index (χ3n) is 4.12. The van der Waals surface area contributed by atoms with E-state index in [1.807, 2.05) is 20.8 Å². The van der Waals surface area contributed by atoms with Crippen molar-refractivity contribution in [1.29, 1.82) is 0 Å². The average Bonchev–Trinajstić information content (AvgIpc) is 2.49. The van der Waals surface area contributed by atoms with Gasteiger partial charge in [-0.25, -0.2) is 0 Å². The predicted octanol–water partition coefficient (Wildman–Crippen LogP) is 3.44. The van der Waals surface area contributed by atoms with Gasteiger partial charge in [0.25, 0.3) is 5.91 Å². The molecule has 0 aromatic heterocycles. The number of anilines is 1. The molecule has 23 heavy (non-hydrogen) atoms. The number of aromatic hydroxyl groups is 1. The summed E-state index contributed by atoms with van der Waals surface area (Å²) >= 11 is 0. The normalized spacial score (nSPS) is 16.0. The highest BCUT2D eigenvalue weighted by Gasteiger charge is 2.23. The van der Waals surface area contributed by atoms with Crippen LogP contribution in [0.2, 0.25) is 0 Å². The average molecular weight is 318 g/mol. The van der Waals surface area contributed by atoms with Gasteiger partial charge in [-0.15, -0.1) is 0 Å². The first-order valence-electron chi connectivity index (χ1n) is 8.23. The smallest absolute Gasteiger partial charge is 0.255 e. The quantitative estimate of drug-likeness (QED) is 0.747. The van der Waals surface area contributed by atoms with Crippen molar-refractivity contribution in [2.45, 2.75) is 58.9 Å². The van der Waals surface area contributed by atoms with Crippen molar-refractivity contribution in [2.24, 2.45) is 5.41 Å². The van der Waals surface area contributed by atoms with Crippen LogP contribution in [0.15, 0.2) is 18.2 Å². The van der Waals surface area contributed by atoms with E-state index in [4.69, 9.17) is 0 Å². The third-order valence-corrected chi connectivity index (χ3v) is 4.12. The van der Waals surface area contributed by atoms with Gasteiger partial charge in [0.05, 0.1) is 5.56 Å². The van der Waals surface area contributed by atoms with Crippen LogP contribution in [-0.4, -0.2) is 23.0 Å². The molecule has 1 aliphatic carbocycles. The van der Waals surface area contributed by atoms with E-state index in [-0.39, 0.29) is 29.2 Å². The minimum atomic E-state index is -0.525. The lowest BCUT2D eigenvalue weighted by molar-refractivity contribution is -0.123. The van der Waals surface area contributed by atoms with Gasteiger partial charge in [0.1, 0.15) is 5.75 Å². The fourth-order valence-corrected chi connectivity index (χ4v) is 2.62. The van der Waals surface area contributed by atoms with Gasteiger partial charge in [0.15, 0.2) is 0 Å². The summed E-state index contributed by atoms with van der Waals surface area (Å²) in [5.41, 5.74) is 0.182. The largest absolute Gasteiger partial charge is 0.507 e. The Hall–Kier alpha value is -2.04. The van der Waals surface area contributed by atoms with Crippen molar-refractivity contribution in [1.82, 2.24) is 5.32 Å². The molecule has 0 bridgehead atoms. The number of nitrogens with one attached hydrogen (secondary N) is 2. The number of carbonyl (C=O) groups is 2. The highest BCUT2D eigenvalue weighted by Crippen LogP contribution is 2.25. The number of rotatable bonds is 3. The van der Waals surface area contributed by atoms with Gasteiger partial charge < -0.3 is 15.7 Å². The van der Waals surface area contributed by atoms with E-state index in [1.54, 1.807) is 6.07 Å². The molecule has 5 nitrogen and oxygen atoms in total. The van der Waals surface area contributed by atoms with Crippen LogP contribution in [-0.2, 0) is 4.79 Å². The molecule has 0 atom stereocenters. The molecule has 1 aromatic rings. The third kappa shape index (κ3) is 4.71. The van der Waals surface area contributed by atoms with Crippen LogP contribution >= 0.6 is 0 Å². The maximum atomic E-state index is 12.4. The number of hydrogen-bond acceptors (Lipinski definition) is 3. The first kappa shape index (κ1) is 17.3. The van der Waals surface area contributed by atoms with Crippen LogP contribution in [0.4, 0.5) is 5.69 Å². The lowest BCUT2D eigenvalue weighted by atomic mass is 9.95. The highest BCUT2D eigenvalue weighted by atomic mass is 16.3. The van der Waals surface area contributed by atoms with Crippen molar-refractivity contribution in [3.63, 3.8) is 0 Å². The zero-order chi connectivity index (χ0) is 17.0. The molecule has 1 saturated carbocycles. The van der Waals surface area contributed by atoms with E-state index >= 15 is 0 Å². The molecular formula is C18H26N2O3. The molecule has 5 heteroatoms. The fraction of sp³-hybridized carbons (Fsp3) is 0.556. The lowest BCUT2D eigenvalue weighted by Gasteiger charge is -2.23. The van der Waals surface area contributed by atoms with Crippen LogP contribution in [0.3, 0.4) is 0 Å². The zero-order valence-corrected chi connectivity index (χ0v) is 14.1. The zero-order valence-electron chi connectivity index (χ0n) is 14.1. The maximum absolute atomic E-state index is 12.4. The molecule has 0 saturated heterocycles. The lowest BCUT2D eigenvalue weighted by Crippen LogP contribution is -2.36. The Morgan fingerprint density at radius 2 is 1.78 bits per heavy atom. The maximum Gasteiger partial charge on any atom is 0.255 e. The monoisotopic (exact) mass is 318 g/mol. The van der Waals surface area contributed by atoms with E-state index in [0.29, 0.717) is 5.69 Å². The summed E-state index contributed by atoms with van der Waals surface area (Å²) in [7, 11) is 0. The van der Waals surface area contributed by atoms with E-state index in [2.05, 4.69) is 10.6 Å². The molecule has 1 fully saturated rings.